The average Bonchev–Trinajstić information content (AvgIpc) is 3.42. The molecule has 8 heteroatoms. The van der Waals surface area contributed by atoms with E-state index in [9.17, 15) is 9.50 Å². The summed E-state index contributed by atoms with van der Waals surface area (Å²) in [5.74, 6) is -0.659. The lowest BCUT2D eigenvalue weighted by molar-refractivity contribution is 0.469. The zero-order chi connectivity index (χ0) is 21.7. The number of phenolic OH excluding ortho intramolecular Hbond substituents is 1. The first-order valence-electron chi connectivity index (χ1n) is 10.4. The van der Waals surface area contributed by atoms with Crippen LogP contribution >= 0.6 is 0 Å². The minimum absolute atomic E-state index is 0.142. The van der Waals surface area contributed by atoms with Crippen LogP contribution in [0.3, 0.4) is 0 Å². The van der Waals surface area contributed by atoms with Gasteiger partial charge < -0.3 is 15.4 Å². The highest BCUT2D eigenvalue weighted by molar-refractivity contribution is 5.99. The fourth-order valence-electron chi connectivity index (χ4n) is 4.24. The van der Waals surface area contributed by atoms with Crippen molar-refractivity contribution in [1.29, 1.82) is 0 Å². The zero-order valence-corrected chi connectivity index (χ0v) is 17.0. The van der Waals surface area contributed by atoms with E-state index in [0.29, 0.717) is 17.0 Å². The molecule has 0 spiro atoms. The van der Waals surface area contributed by atoms with Gasteiger partial charge in [-0.3, -0.25) is 10.1 Å². The summed E-state index contributed by atoms with van der Waals surface area (Å²) in [6.07, 6.45) is 4.77. The number of H-pyrrole nitrogens is 2. The van der Waals surface area contributed by atoms with Crippen LogP contribution in [0.5, 0.6) is 5.75 Å². The van der Waals surface area contributed by atoms with E-state index in [2.05, 4.69) is 31.6 Å². The first-order chi connectivity index (χ1) is 15.7. The molecule has 0 aliphatic carbocycles. The maximum Gasteiger partial charge on any atom is 0.135 e. The van der Waals surface area contributed by atoms with E-state index >= 15 is 0 Å². The second-order valence-corrected chi connectivity index (χ2v) is 7.85. The Morgan fingerprint density at radius 3 is 2.78 bits per heavy atom. The van der Waals surface area contributed by atoms with E-state index < -0.39 is 5.82 Å². The SMILES string of the molecule is Oc1cc(F)cc(-c2nccc3[nH]c(-c4n[nH]c5ccc(C6=CCNCC6)nc45)cc23)c1. The molecule has 158 valence electrons. The summed E-state index contributed by atoms with van der Waals surface area (Å²) in [5.41, 5.74) is 7.23. The molecule has 0 radical (unpaired) electrons. The van der Waals surface area contributed by atoms with Crippen LogP contribution in [0.1, 0.15) is 12.1 Å². The van der Waals surface area contributed by atoms with Crippen molar-refractivity contribution in [3.8, 4) is 28.4 Å². The Hall–Kier alpha value is -4.04. The third kappa shape index (κ3) is 3.12. The Morgan fingerprint density at radius 1 is 1.00 bits per heavy atom. The second kappa shape index (κ2) is 7.28. The molecule has 5 aromatic rings. The molecule has 1 aliphatic heterocycles. The standard InChI is InChI=1S/C24H19FN6O/c25-15-9-14(10-16(32)11-15)22-17-12-21(28-19(17)5-8-27-22)24-23-20(30-31-24)2-1-18(29-23)13-3-6-26-7-4-13/h1-3,5,8-12,26,28,32H,4,6-7H2,(H,30,31). The van der Waals surface area contributed by atoms with Crippen LogP contribution in [0.4, 0.5) is 4.39 Å². The molecule has 6 rings (SSSR count). The van der Waals surface area contributed by atoms with Crippen molar-refractivity contribution in [3.63, 3.8) is 0 Å². The Balaban J connectivity index is 1.49. The summed E-state index contributed by atoms with van der Waals surface area (Å²) in [4.78, 5) is 12.7. The predicted molar refractivity (Wildman–Crippen MR) is 121 cm³/mol. The monoisotopic (exact) mass is 426 g/mol. The number of rotatable bonds is 3. The molecule has 0 bridgehead atoms. The summed E-state index contributed by atoms with van der Waals surface area (Å²) in [7, 11) is 0. The van der Waals surface area contributed by atoms with Gasteiger partial charge in [-0.05, 0) is 54.9 Å². The molecule has 4 N–H and O–H groups in total. The third-order valence-corrected chi connectivity index (χ3v) is 5.76. The lowest BCUT2D eigenvalue weighted by Gasteiger charge is -2.13. The van der Waals surface area contributed by atoms with Gasteiger partial charge >= 0.3 is 0 Å². The number of aromatic nitrogens is 5. The highest BCUT2D eigenvalue weighted by Gasteiger charge is 2.17. The number of aromatic amines is 2. The van der Waals surface area contributed by atoms with Gasteiger partial charge in [0.05, 0.1) is 22.6 Å². The Kier molecular flexibility index (Phi) is 4.26. The Labute approximate surface area is 182 Å². The molecule has 0 unspecified atom stereocenters. The van der Waals surface area contributed by atoms with Crippen LogP contribution in [0.25, 0.3) is 50.2 Å². The summed E-state index contributed by atoms with van der Waals surface area (Å²) in [5, 5.41) is 21.5. The number of nitrogens with one attached hydrogen (secondary N) is 3. The molecule has 0 saturated heterocycles. The molecular formula is C24H19FN6O. The van der Waals surface area contributed by atoms with Gasteiger partial charge in [0.2, 0.25) is 0 Å². The van der Waals surface area contributed by atoms with Gasteiger partial charge in [0, 0.05) is 35.3 Å². The van der Waals surface area contributed by atoms with Crippen molar-refractivity contribution in [1.82, 2.24) is 30.5 Å². The van der Waals surface area contributed by atoms with Crippen molar-refractivity contribution in [3.05, 3.63) is 66.2 Å². The van der Waals surface area contributed by atoms with E-state index in [1.807, 2.05) is 24.3 Å². The normalized spacial score (nSPS) is 14.2. The highest BCUT2D eigenvalue weighted by atomic mass is 19.1. The minimum atomic E-state index is -0.517. The van der Waals surface area contributed by atoms with Gasteiger partial charge in [0.25, 0.3) is 0 Å². The van der Waals surface area contributed by atoms with Crippen molar-refractivity contribution >= 4 is 27.5 Å². The van der Waals surface area contributed by atoms with Crippen molar-refractivity contribution in [2.24, 2.45) is 0 Å². The first-order valence-corrected chi connectivity index (χ1v) is 10.4. The van der Waals surface area contributed by atoms with Gasteiger partial charge in [-0.15, -0.1) is 0 Å². The minimum Gasteiger partial charge on any atom is -0.508 e. The highest BCUT2D eigenvalue weighted by Crippen LogP contribution is 2.34. The van der Waals surface area contributed by atoms with Crippen molar-refractivity contribution in [2.45, 2.75) is 6.42 Å². The lowest BCUT2D eigenvalue weighted by Crippen LogP contribution is -2.20. The van der Waals surface area contributed by atoms with Gasteiger partial charge in [-0.2, -0.15) is 5.10 Å². The van der Waals surface area contributed by atoms with Gasteiger partial charge in [-0.1, -0.05) is 6.08 Å². The van der Waals surface area contributed by atoms with Crippen LogP contribution in [0, 0.1) is 5.82 Å². The maximum atomic E-state index is 13.9. The van der Waals surface area contributed by atoms with E-state index in [4.69, 9.17) is 4.98 Å². The van der Waals surface area contributed by atoms with E-state index in [0.717, 1.165) is 58.9 Å². The topological polar surface area (TPSA) is 103 Å². The maximum absolute atomic E-state index is 13.9. The number of phenols is 1. The number of nitrogens with zero attached hydrogens (tertiary/aromatic N) is 3. The number of fused-ring (bicyclic) bond motifs is 2. The van der Waals surface area contributed by atoms with E-state index in [-0.39, 0.29) is 5.75 Å². The molecule has 1 aliphatic rings. The first kappa shape index (κ1) is 18.7. The summed E-state index contributed by atoms with van der Waals surface area (Å²) >= 11 is 0. The predicted octanol–water partition coefficient (Wildman–Crippen LogP) is 4.39. The van der Waals surface area contributed by atoms with Crippen LogP contribution in [0.15, 0.2) is 54.7 Å². The molecule has 5 heterocycles. The van der Waals surface area contributed by atoms with Gasteiger partial charge in [0.15, 0.2) is 0 Å². The third-order valence-electron chi connectivity index (χ3n) is 5.76. The lowest BCUT2D eigenvalue weighted by atomic mass is 10.0. The number of aromatic hydroxyl groups is 1. The quantitative estimate of drug-likeness (QED) is 0.343. The molecule has 7 nitrogen and oxygen atoms in total. The van der Waals surface area contributed by atoms with Gasteiger partial charge in [0.1, 0.15) is 22.8 Å². The van der Waals surface area contributed by atoms with Crippen LogP contribution in [0.2, 0.25) is 0 Å². The summed E-state index contributed by atoms with van der Waals surface area (Å²) < 4.78 is 13.9. The van der Waals surface area contributed by atoms with E-state index in [1.54, 1.807) is 6.20 Å². The van der Waals surface area contributed by atoms with Crippen LogP contribution in [-0.4, -0.2) is 43.3 Å². The molecule has 32 heavy (non-hydrogen) atoms. The number of hydrogen-bond acceptors (Lipinski definition) is 5. The van der Waals surface area contributed by atoms with Crippen LogP contribution in [-0.2, 0) is 0 Å². The average molecular weight is 426 g/mol. The van der Waals surface area contributed by atoms with Crippen molar-refractivity contribution < 1.29 is 9.50 Å². The number of benzene rings is 1. The van der Waals surface area contributed by atoms with Crippen LogP contribution < -0.4 is 5.32 Å². The van der Waals surface area contributed by atoms with Gasteiger partial charge in [-0.25, -0.2) is 9.37 Å². The van der Waals surface area contributed by atoms with E-state index in [1.165, 1.54) is 17.7 Å². The fraction of sp³-hybridized carbons (Fsp3) is 0.125. The molecule has 1 aromatic carbocycles. The van der Waals surface area contributed by atoms with Crippen molar-refractivity contribution in [2.75, 3.05) is 13.1 Å². The molecule has 4 aromatic heterocycles. The number of halogens is 1. The Morgan fingerprint density at radius 2 is 1.94 bits per heavy atom. The number of hydrogen-bond donors (Lipinski definition) is 4. The summed E-state index contributed by atoms with van der Waals surface area (Å²) in [6, 6.07) is 11.7. The molecule has 0 atom stereocenters. The molecule has 0 fully saturated rings. The Bertz CT molecular complexity index is 1500. The fourth-order valence-corrected chi connectivity index (χ4v) is 4.24. The smallest absolute Gasteiger partial charge is 0.135 e. The summed E-state index contributed by atoms with van der Waals surface area (Å²) in [6.45, 7) is 1.79. The molecule has 0 amide bonds. The zero-order valence-electron chi connectivity index (χ0n) is 17.0. The largest absolute Gasteiger partial charge is 0.508 e. The molecule has 0 saturated carbocycles. The number of pyridine rings is 2. The molecular weight excluding hydrogens is 407 g/mol. The second-order valence-electron chi connectivity index (χ2n) is 7.85.